The third kappa shape index (κ3) is 3.55. The first-order chi connectivity index (χ1) is 14.0. The Kier molecular flexibility index (Phi) is 4.74. The van der Waals surface area contributed by atoms with Crippen LogP contribution in [0.5, 0.6) is 5.88 Å². The van der Waals surface area contributed by atoms with Gasteiger partial charge in [-0.2, -0.15) is 5.11 Å². The summed E-state index contributed by atoms with van der Waals surface area (Å²) in [5.74, 6) is -0.125. The van der Waals surface area contributed by atoms with Crippen molar-refractivity contribution < 1.29 is 5.11 Å². The van der Waals surface area contributed by atoms with Crippen molar-refractivity contribution in [1.82, 2.24) is 14.5 Å². The summed E-state index contributed by atoms with van der Waals surface area (Å²) in [5.41, 5.74) is 0.868. The molecule has 0 radical (unpaired) electrons. The average Bonchev–Trinajstić information content (AvgIpc) is 2.71. The smallest absolute Gasteiger partial charge is 0.265 e. The molecule has 2 aromatic heterocycles. The molecule has 29 heavy (non-hydrogen) atoms. The fourth-order valence-electron chi connectivity index (χ4n) is 3.16. The number of pyridine rings is 1. The predicted molar refractivity (Wildman–Crippen MR) is 109 cm³/mol. The van der Waals surface area contributed by atoms with Crippen LogP contribution in [0.15, 0.2) is 80.5 Å². The minimum absolute atomic E-state index is 0.00286. The molecule has 2 aromatic carbocycles. The number of hydrogen-bond acceptors (Lipinski definition) is 6. The summed E-state index contributed by atoms with van der Waals surface area (Å²) in [5, 5.41) is 20.0. The van der Waals surface area contributed by atoms with E-state index in [1.807, 2.05) is 6.07 Å². The highest BCUT2D eigenvalue weighted by atomic mass is 16.3. The van der Waals surface area contributed by atoms with E-state index in [0.29, 0.717) is 27.7 Å². The summed E-state index contributed by atoms with van der Waals surface area (Å²) in [7, 11) is 0. The second-order valence-corrected chi connectivity index (χ2v) is 6.43. The third-order valence-corrected chi connectivity index (χ3v) is 4.43. The van der Waals surface area contributed by atoms with Crippen LogP contribution >= 0.6 is 0 Å². The topological polar surface area (TPSA) is 113 Å². The lowest BCUT2D eigenvalue weighted by Crippen LogP contribution is -2.20. The van der Waals surface area contributed by atoms with Crippen LogP contribution in [0.3, 0.4) is 0 Å². The summed E-state index contributed by atoms with van der Waals surface area (Å²) >= 11 is 0. The number of aromatic nitrogens is 3. The quantitative estimate of drug-likeness (QED) is 0.523. The minimum Gasteiger partial charge on any atom is -0.494 e. The molecule has 144 valence electrons. The number of azo groups is 1. The Morgan fingerprint density at radius 1 is 1.03 bits per heavy atom. The first-order valence-electron chi connectivity index (χ1n) is 8.91. The van der Waals surface area contributed by atoms with E-state index in [2.05, 4.69) is 20.2 Å². The molecule has 0 saturated carbocycles. The van der Waals surface area contributed by atoms with Gasteiger partial charge in [0.15, 0.2) is 0 Å². The van der Waals surface area contributed by atoms with Crippen LogP contribution in [0.2, 0.25) is 0 Å². The zero-order valence-corrected chi connectivity index (χ0v) is 15.5. The number of aromatic hydroxyl groups is 1. The van der Waals surface area contributed by atoms with E-state index in [9.17, 15) is 14.7 Å². The maximum absolute atomic E-state index is 13.0. The van der Waals surface area contributed by atoms with Crippen LogP contribution in [-0.4, -0.2) is 19.6 Å². The lowest BCUT2D eigenvalue weighted by Gasteiger charge is -2.14. The van der Waals surface area contributed by atoms with Crippen molar-refractivity contribution in [1.29, 1.82) is 0 Å². The highest BCUT2D eigenvalue weighted by Gasteiger charge is 2.16. The fourth-order valence-corrected chi connectivity index (χ4v) is 3.16. The van der Waals surface area contributed by atoms with Gasteiger partial charge in [0.2, 0.25) is 11.8 Å². The van der Waals surface area contributed by atoms with Gasteiger partial charge in [0, 0.05) is 22.7 Å². The number of nitrogens with one attached hydrogen (secondary N) is 1. The van der Waals surface area contributed by atoms with Gasteiger partial charge in [0.05, 0.1) is 12.2 Å². The molecule has 4 aromatic rings. The molecule has 0 aliphatic heterocycles. The van der Waals surface area contributed by atoms with Crippen molar-refractivity contribution in [2.75, 3.05) is 0 Å². The maximum atomic E-state index is 13.0. The summed E-state index contributed by atoms with van der Waals surface area (Å²) in [6, 6.07) is 17.2. The van der Waals surface area contributed by atoms with Gasteiger partial charge in [0.25, 0.3) is 11.1 Å². The molecular weight excluding hydrogens is 370 g/mol. The molecule has 0 spiro atoms. The maximum Gasteiger partial charge on any atom is 0.265 e. The van der Waals surface area contributed by atoms with Crippen LogP contribution in [0, 0.1) is 6.92 Å². The fraction of sp³-hybridized carbons (Fsp3) is 0.0952. The lowest BCUT2D eigenvalue weighted by molar-refractivity contribution is 0.430. The van der Waals surface area contributed by atoms with Gasteiger partial charge < -0.3 is 5.11 Å². The summed E-state index contributed by atoms with van der Waals surface area (Å²) in [6.45, 7) is 1.68. The second-order valence-electron chi connectivity index (χ2n) is 6.43. The number of H-pyrrole nitrogens is 1. The Morgan fingerprint density at radius 2 is 1.72 bits per heavy atom. The molecule has 2 heterocycles. The molecule has 0 saturated heterocycles. The monoisotopic (exact) mass is 387 g/mol. The number of para-hydroxylation sites is 1. The highest BCUT2D eigenvalue weighted by molar-refractivity contribution is 5.86. The van der Waals surface area contributed by atoms with Crippen molar-refractivity contribution >= 4 is 16.7 Å². The van der Waals surface area contributed by atoms with Gasteiger partial charge in [-0.05, 0) is 30.5 Å². The molecule has 0 unspecified atom stereocenters. The predicted octanol–water partition coefficient (Wildman–Crippen LogP) is 3.37. The van der Waals surface area contributed by atoms with Crippen molar-refractivity contribution in [3.05, 3.63) is 92.6 Å². The van der Waals surface area contributed by atoms with E-state index >= 15 is 0 Å². The van der Waals surface area contributed by atoms with E-state index in [1.54, 1.807) is 55.5 Å². The van der Waals surface area contributed by atoms with Gasteiger partial charge >= 0.3 is 0 Å². The molecular formula is C21H17N5O3. The van der Waals surface area contributed by atoms with Crippen molar-refractivity contribution in [3.63, 3.8) is 0 Å². The Labute approximate surface area is 164 Å². The molecule has 8 heteroatoms. The zero-order valence-electron chi connectivity index (χ0n) is 15.5. The first kappa shape index (κ1) is 18.3. The van der Waals surface area contributed by atoms with Crippen LogP contribution < -0.4 is 11.1 Å². The Balaban J connectivity index is 1.84. The lowest BCUT2D eigenvalue weighted by atomic mass is 10.1. The number of aromatic amines is 1. The number of benzene rings is 2. The SMILES string of the molecule is Cc1cc(=O)[nH]c(N=NCc2c(O)n(-c3ccccc3)c(=O)c3ccccc23)n1. The van der Waals surface area contributed by atoms with Crippen LogP contribution in [-0.2, 0) is 6.54 Å². The van der Waals surface area contributed by atoms with E-state index in [4.69, 9.17) is 0 Å². The number of aryl methyl sites for hydroxylation is 1. The number of hydrogen-bond donors (Lipinski definition) is 2. The molecule has 8 nitrogen and oxygen atoms in total. The normalized spacial score (nSPS) is 11.3. The zero-order chi connectivity index (χ0) is 20.4. The van der Waals surface area contributed by atoms with Crippen LogP contribution in [0.4, 0.5) is 5.95 Å². The number of rotatable bonds is 4. The van der Waals surface area contributed by atoms with E-state index in [1.165, 1.54) is 10.6 Å². The first-order valence-corrected chi connectivity index (χ1v) is 8.91. The number of nitrogens with zero attached hydrogens (tertiary/aromatic N) is 4. The largest absolute Gasteiger partial charge is 0.494 e. The van der Waals surface area contributed by atoms with E-state index < -0.39 is 0 Å². The molecule has 2 N–H and O–H groups in total. The van der Waals surface area contributed by atoms with Crippen LogP contribution in [0.25, 0.3) is 16.5 Å². The van der Waals surface area contributed by atoms with Gasteiger partial charge in [-0.1, -0.05) is 36.4 Å². The van der Waals surface area contributed by atoms with Gasteiger partial charge in [-0.3, -0.25) is 14.6 Å². The highest BCUT2D eigenvalue weighted by Crippen LogP contribution is 2.28. The molecule has 0 aliphatic carbocycles. The minimum atomic E-state index is -0.324. The number of fused-ring (bicyclic) bond motifs is 1. The average molecular weight is 387 g/mol. The molecule has 0 fully saturated rings. The van der Waals surface area contributed by atoms with Gasteiger partial charge in [-0.25, -0.2) is 9.55 Å². The Bertz CT molecular complexity index is 1340. The molecule has 0 bridgehead atoms. The standard InChI is InChI=1S/C21H17N5O3/c1-13-11-18(27)24-21(23-13)25-22-12-17-15-9-5-6-10-16(15)19(28)26(20(17)29)14-7-3-2-4-8-14/h2-11,29H,12H2,1H3,(H,23,24,27). The van der Waals surface area contributed by atoms with Crippen LogP contribution in [0.1, 0.15) is 11.3 Å². The van der Waals surface area contributed by atoms with Crippen molar-refractivity contribution in [2.24, 2.45) is 10.2 Å². The Morgan fingerprint density at radius 3 is 2.45 bits per heavy atom. The molecule has 0 atom stereocenters. The third-order valence-electron chi connectivity index (χ3n) is 4.43. The molecule has 4 rings (SSSR count). The van der Waals surface area contributed by atoms with Gasteiger partial charge in [0.1, 0.15) is 0 Å². The summed E-state index contributed by atoms with van der Waals surface area (Å²) < 4.78 is 1.25. The van der Waals surface area contributed by atoms with Crippen molar-refractivity contribution in [2.45, 2.75) is 13.5 Å². The van der Waals surface area contributed by atoms with E-state index in [-0.39, 0.29) is 29.5 Å². The summed E-state index contributed by atoms with van der Waals surface area (Å²) in [6.07, 6.45) is 0. The molecule has 0 aliphatic rings. The summed E-state index contributed by atoms with van der Waals surface area (Å²) in [4.78, 5) is 31.1. The van der Waals surface area contributed by atoms with Crippen molar-refractivity contribution in [3.8, 4) is 11.6 Å². The second kappa shape index (κ2) is 7.51. The van der Waals surface area contributed by atoms with E-state index in [0.717, 1.165) is 0 Å². The Hall–Kier alpha value is -4.07. The van der Waals surface area contributed by atoms with Gasteiger partial charge in [-0.15, -0.1) is 5.11 Å². The molecule has 0 amide bonds.